The van der Waals surface area contributed by atoms with Crippen LogP contribution in [0, 0.1) is 59.2 Å². The largest absolute Gasteiger partial charge is 0.286 e. The fourth-order valence-electron chi connectivity index (χ4n) is 12.4. The number of rotatable bonds is 0. The van der Waals surface area contributed by atoms with Crippen LogP contribution in [0.25, 0.3) is 0 Å². The Labute approximate surface area is 254 Å². The van der Waals surface area contributed by atoms with Crippen molar-refractivity contribution in [1.29, 1.82) is 0 Å². The molecule has 5 aliphatic heterocycles. The molecule has 4 saturated carbocycles. The van der Waals surface area contributed by atoms with Gasteiger partial charge in [-0.25, -0.2) is 0 Å². The average molecular weight is 581 g/mol. The summed E-state index contributed by atoms with van der Waals surface area (Å²) in [5, 5.41) is 34.0. The van der Waals surface area contributed by atoms with Gasteiger partial charge in [0.2, 0.25) is 0 Å². The molecule has 8 heteroatoms. The summed E-state index contributed by atoms with van der Waals surface area (Å²) >= 11 is 0. The number of hydrogen-bond acceptors (Lipinski definition) is 8. The van der Waals surface area contributed by atoms with Crippen LogP contribution in [0.15, 0.2) is 0 Å². The first-order valence-corrected chi connectivity index (χ1v) is 18.7. The van der Waals surface area contributed by atoms with Gasteiger partial charge in [0, 0.05) is 0 Å². The summed E-state index contributed by atoms with van der Waals surface area (Å²) in [5.74, 6) is 7.45. The number of nitrogens with one attached hydrogen (secondary N) is 8. The Morgan fingerprint density at radius 1 is 0.286 bits per heavy atom. The van der Waals surface area contributed by atoms with Gasteiger partial charge in [-0.15, -0.1) is 0 Å². The van der Waals surface area contributed by atoms with Gasteiger partial charge in [-0.1, -0.05) is 52.4 Å². The first-order valence-electron chi connectivity index (χ1n) is 18.7. The van der Waals surface area contributed by atoms with Crippen LogP contribution in [0.3, 0.4) is 0 Å². The lowest BCUT2D eigenvalue weighted by Gasteiger charge is -2.39. The number of fused-ring (bicyclic) bond motifs is 20. The summed E-state index contributed by atoms with van der Waals surface area (Å²) in [5.41, 5.74) is 0. The Hall–Kier alpha value is -0.320. The maximum Gasteiger partial charge on any atom is 0.0628 e. The molecule has 236 valence electrons. The molecule has 0 aromatic rings. The summed E-state index contributed by atoms with van der Waals surface area (Å²) in [6.45, 7) is 5.03. The van der Waals surface area contributed by atoms with E-state index in [9.17, 15) is 0 Å². The Bertz CT molecular complexity index is 905. The van der Waals surface area contributed by atoms with Crippen LogP contribution in [0.1, 0.15) is 104 Å². The predicted octanol–water partition coefficient (Wildman–Crippen LogP) is 3.10. The van der Waals surface area contributed by atoms with Crippen LogP contribution in [0.4, 0.5) is 0 Å². The van der Waals surface area contributed by atoms with Gasteiger partial charge in [-0.3, -0.25) is 42.5 Å². The topological polar surface area (TPSA) is 96.2 Å². The van der Waals surface area contributed by atoms with E-state index in [2.05, 4.69) is 56.4 Å². The first-order chi connectivity index (χ1) is 20.6. The lowest BCUT2D eigenvalue weighted by molar-refractivity contribution is 0.112. The molecule has 42 heavy (non-hydrogen) atoms. The molecule has 5 heterocycles. The molecule has 8 N–H and O–H groups in total. The minimum atomic E-state index is 0.392. The van der Waals surface area contributed by atoms with Gasteiger partial charge in [-0.05, 0) is 111 Å². The molecule has 18 unspecified atom stereocenters. The highest BCUT2D eigenvalue weighted by Crippen LogP contribution is 2.47. The number of hydrogen-bond donors (Lipinski definition) is 8. The predicted molar refractivity (Wildman–Crippen MR) is 166 cm³/mol. The molecule has 0 radical (unpaired) electrons. The second-order valence-electron chi connectivity index (χ2n) is 16.7. The van der Waals surface area contributed by atoms with Crippen LogP contribution >= 0.6 is 0 Å². The Morgan fingerprint density at radius 3 is 0.690 bits per heavy atom. The van der Waals surface area contributed by atoms with E-state index in [0.717, 1.165) is 47.3 Å². The Morgan fingerprint density at radius 2 is 0.476 bits per heavy atom. The van der Waals surface area contributed by atoms with Crippen molar-refractivity contribution in [2.75, 3.05) is 0 Å². The fourth-order valence-corrected chi connectivity index (χ4v) is 12.4. The lowest BCUT2D eigenvalue weighted by Crippen LogP contribution is -2.61. The lowest BCUT2D eigenvalue weighted by atomic mass is 9.69. The van der Waals surface area contributed by atoms with Gasteiger partial charge in [0.1, 0.15) is 0 Å². The highest BCUT2D eigenvalue weighted by atomic mass is 15.4. The summed E-state index contributed by atoms with van der Waals surface area (Å²) in [7, 11) is 0. The van der Waals surface area contributed by atoms with Crippen LogP contribution < -0.4 is 42.5 Å². The van der Waals surface area contributed by atoms with E-state index < -0.39 is 0 Å². The van der Waals surface area contributed by atoms with Gasteiger partial charge in [0.05, 0.1) is 49.3 Å². The molecule has 0 amide bonds. The van der Waals surface area contributed by atoms with Crippen molar-refractivity contribution >= 4 is 0 Å². The van der Waals surface area contributed by atoms with Gasteiger partial charge in [-0.2, -0.15) is 0 Å². The van der Waals surface area contributed by atoms with Crippen molar-refractivity contribution in [2.45, 2.75) is 153 Å². The first kappa shape index (κ1) is 27.9. The van der Waals surface area contributed by atoms with Gasteiger partial charge in [0.25, 0.3) is 0 Å². The highest BCUT2D eigenvalue weighted by molar-refractivity contribution is 5.08. The summed E-state index contributed by atoms with van der Waals surface area (Å²) in [4.78, 5) is 0. The minimum absolute atomic E-state index is 0.392. The molecule has 9 fully saturated rings. The van der Waals surface area contributed by atoms with Crippen molar-refractivity contribution < 1.29 is 0 Å². The van der Waals surface area contributed by atoms with Crippen LogP contribution in [-0.4, -0.2) is 49.3 Å². The molecular formula is C34H60N8. The van der Waals surface area contributed by atoms with Crippen molar-refractivity contribution in [3.05, 3.63) is 0 Å². The third-order valence-corrected chi connectivity index (χ3v) is 14.7. The maximum atomic E-state index is 4.30. The van der Waals surface area contributed by atoms with E-state index in [1.807, 2.05) is 0 Å². The van der Waals surface area contributed by atoms with Gasteiger partial charge < -0.3 is 0 Å². The quantitative estimate of drug-likeness (QED) is 0.222. The van der Waals surface area contributed by atoms with Crippen molar-refractivity contribution in [3.63, 3.8) is 0 Å². The van der Waals surface area contributed by atoms with E-state index in [1.165, 1.54) is 89.9 Å². The standard InChI is InChI=1S/C34H60N8/c1-17-15-25-26(16-18(17)2)34-41-32-24-14-8-6-12-22(24)30(39-32)37-28-20-10-4-3-9-19(20)27(35-28)36-29-21-11-5-7-13-23(21)31(38-29)40-33(25)42-34/h17-42H,3-16H2,1-2H3. The molecule has 9 aliphatic rings. The zero-order chi connectivity index (χ0) is 27.9. The molecule has 0 spiro atoms. The average Bonchev–Trinajstić information content (AvgIpc) is 3.73. The zero-order valence-corrected chi connectivity index (χ0v) is 26.3. The van der Waals surface area contributed by atoms with Crippen LogP contribution in [0.2, 0.25) is 0 Å². The van der Waals surface area contributed by atoms with E-state index in [-0.39, 0.29) is 0 Å². The summed E-state index contributed by atoms with van der Waals surface area (Å²) < 4.78 is 0. The minimum Gasteiger partial charge on any atom is -0.286 e. The Balaban J connectivity index is 1.06. The molecule has 5 saturated heterocycles. The Kier molecular flexibility index (Phi) is 7.44. The third kappa shape index (κ3) is 4.68. The SMILES string of the molecule is CC1CC2C3NC4NC(NC5NC(NC6NC(NC(N3)C2CC1C)C1CCCCC61)C1CCCCC51)C1CCCCC41. The second kappa shape index (κ2) is 11.2. The van der Waals surface area contributed by atoms with Crippen LogP contribution in [0.5, 0.6) is 0 Å². The smallest absolute Gasteiger partial charge is 0.0628 e. The van der Waals surface area contributed by atoms with Crippen molar-refractivity contribution in [2.24, 2.45) is 59.2 Å². The van der Waals surface area contributed by atoms with Gasteiger partial charge >= 0.3 is 0 Å². The highest BCUT2D eigenvalue weighted by Gasteiger charge is 2.55. The normalized spacial score (nSPS) is 59.0. The molecular weight excluding hydrogens is 520 g/mol. The van der Waals surface area contributed by atoms with E-state index in [1.54, 1.807) is 0 Å². The molecule has 0 aromatic carbocycles. The zero-order valence-electron chi connectivity index (χ0n) is 26.3. The maximum absolute atomic E-state index is 4.30. The molecule has 8 nitrogen and oxygen atoms in total. The van der Waals surface area contributed by atoms with Crippen molar-refractivity contribution in [1.82, 2.24) is 42.5 Å². The monoisotopic (exact) mass is 580 g/mol. The van der Waals surface area contributed by atoms with E-state index >= 15 is 0 Å². The van der Waals surface area contributed by atoms with Gasteiger partial charge in [0.15, 0.2) is 0 Å². The third-order valence-electron chi connectivity index (χ3n) is 14.7. The summed E-state index contributed by atoms with van der Waals surface area (Å²) in [6, 6.07) is 0. The van der Waals surface area contributed by atoms with E-state index in [4.69, 9.17) is 0 Å². The van der Waals surface area contributed by atoms with Crippen molar-refractivity contribution in [3.8, 4) is 0 Å². The second-order valence-corrected chi connectivity index (χ2v) is 16.7. The molecule has 0 aromatic heterocycles. The summed E-state index contributed by atoms with van der Waals surface area (Å²) in [6.07, 6.45) is 22.5. The van der Waals surface area contributed by atoms with E-state index in [0.29, 0.717) is 61.2 Å². The fraction of sp³-hybridized carbons (Fsp3) is 1.00. The molecule has 18 atom stereocenters. The molecule has 9 rings (SSSR count). The molecule has 4 aliphatic carbocycles. The van der Waals surface area contributed by atoms with Crippen LogP contribution in [-0.2, 0) is 0 Å². The molecule has 8 bridgehead atoms.